The van der Waals surface area contributed by atoms with Gasteiger partial charge in [0.15, 0.2) is 0 Å². The van der Waals surface area contributed by atoms with E-state index in [2.05, 4.69) is 47.1 Å². The van der Waals surface area contributed by atoms with Gasteiger partial charge in [0.05, 0.1) is 0 Å². The third kappa shape index (κ3) is 3.19. The molecule has 2 heterocycles. The van der Waals surface area contributed by atoms with E-state index in [4.69, 9.17) is 0 Å². The fourth-order valence-corrected chi connectivity index (χ4v) is 2.45. The summed E-state index contributed by atoms with van der Waals surface area (Å²) in [5.74, 6) is 1.51. The second kappa shape index (κ2) is 6.14. The molecule has 0 aromatic carbocycles. The number of anilines is 1. The summed E-state index contributed by atoms with van der Waals surface area (Å²) in [7, 11) is 2.16. The lowest BCUT2D eigenvalue weighted by Crippen LogP contribution is -2.33. The third-order valence-corrected chi connectivity index (χ3v) is 3.72. The van der Waals surface area contributed by atoms with E-state index < -0.39 is 0 Å². The molecule has 1 N–H and O–H groups in total. The van der Waals surface area contributed by atoms with Crippen LogP contribution in [0.4, 0.5) is 5.82 Å². The molecule has 1 aromatic rings. The molecule has 100 valence electrons. The first-order valence-corrected chi connectivity index (χ1v) is 6.94. The molecular weight excluding hydrogens is 224 g/mol. The van der Waals surface area contributed by atoms with Crippen molar-refractivity contribution in [2.75, 3.05) is 25.0 Å². The molecule has 0 saturated carbocycles. The molecule has 1 unspecified atom stereocenters. The molecule has 1 saturated heterocycles. The van der Waals surface area contributed by atoms with E-state index in [0.29, 0.717) is 12.0 Å². The van der Waals surface area contributed by atoms with Gasteiger partial charge >= 0.3 is 0 Å². The van der Waals surface area contributed by atoms with Gasteiger partial charge in [0.2, 0.25) is 0 Å². The molecule has 1 aromatic heterocycles. The van der Waals surface area contributed by atoms with Crippen LogP contribution in [-0.4, -0.2) is 36.1 Å². The highest BCUT2D eigenvalue weighted by Gasteiger charge is 2.18. The molecule has 18 heavy (non-hydrogen) atoms. The fraction of sp³-hybridized carbons (Fsp3) is 0.714. The van der Waals surface area contributed by atoms with Crippen molar-refractivity contribution >= 4 is 5.82 Å². The van der Waals surface area contributed by atoms with Crippen LogP contribution in [0.1, 0.15) is 44.7 Å². The van der Waals surface area contributed by atoms with Gasteiger partial charge in [-0.05, 0) is 38.3 Å². The molecule has 4 nitrogen and oxygen atoms in total. The van der Waals surface area contributed by atoms with Crippen molar-refractivity contribution in [3.05, 3.63) is 18.1 Å². The Hall–Kier alpha value is -1.16. The largest absolute Gasteiger partial charge is 0.357 e. The highest BCUT2D eigenvalue weighted by Crippen LogP contribution is 2.21. The van der Waals surface area contributed by atoms with E-state index in [1.807, 2.05) is 0 Å². The quantitative estimate of drug-likeness (QED) is 0.890. The first kappa shape index (κ1) is 13.3. The Morgan fingerprint density at radius 2 is 2.11 bits per heavy atom. The SMILES string of the molecule is CC(C)c1cc(N(C)C2CCCNCC2)ncn1. The van der Waals surface area contributed by atoms with Gasteiger partial charge < -0.3 is 10.2 Å². The summed E-state index contributed by atoms with van der Waals surface area (Å²) in [5.41, 5.74) is 1.12. The second-order valence-electron chi connectivity index (χ2n) is 5.40. The molecule has 1 fully saturated rings. The van der Waals surface area contributed by atoms with Gasteiger partial charge in [-0.25, -0.2) is 9.97 Å². The van der Waals surface area contributed by atoms with E-state index in [9.17, 15) is 0 Å². The maximum Gasteiger partial charge on any atom is 0.132 e. The van der Waals surface area contributed by atoms with Crippen molar-refractivity contribution in [1.29, 1.82) is 0 Å². The number of nitrogens with one attached hydrogen (secondary N) is 1. The summed E-state index contributed by atoms with van der Waals surface area (Å²) < 4.78 is 0. The minimum Gasteiger partial charge on any atom is -0.357 e. The van der Waals surface area contributed by atoms with Crippen LogP contribution in [0.2, 0.25) is 0 Å². The first-order chi connectivity index (χ1) is 8.68. The zero-order valence-electron chi connectivity index (χ0n) is 11.7. The lowest BCUT2D eigenvalue weighted by atomic mass is 10.1. The first-order valence-electron chi connectivity index (χ1n) is 6.94. The lowest BCUT2D eigenvalue weighted by molar-refractivity contribution is 0.561. The highest BCUT2D eigenvalue weighted by molar-refractivity contribution is 5.39. The summed E-state index contributed by atoms with van der Waals surface area (Å²) in [6, 6.07) is 2.72. The van der Waals surface area contributed by atoms with Crippen LogP contribution in [0, 0.1) is 0 Å². The molecule has 0 spiro atoms. The van der Waals surface area contributed by atoms with Gasteiger partial charge in [0.1, 0.15) is 12.1 Å². The molecule has 0 aliphatic carbocycles. The predicted molar refractivity (Wildman–Crippen MR) is 75.0 cm³/mol. The Bertz CT molecular complexity index is 370. The van der Waals surface area contributed by atoms with Crippen LogP contribution < -0.4 is 10.2 Å². The zero-order valence-corrected chi connectivity index (χ0v) is 11.7. The Morgan fingerprint density at radius 3 is 2.89 bits per heavy atom. The van der Waals surface area contributed by atoms with E-state index in [1.165, 1.54) is 19.3 Å². The number of hydrogen-bond donors (Lipinski definition) is 1. The number of rotatable bonds is 3. The van der Waals surface area contributed by atoms with Crippen LogP contribution in [-0.2, 0) is 0 Å². The Labute approximate surface area is 110 Å². The van der Waals surface area contributed by atoms with E-state index >= 15 is 0 Å². The monoisotopic (exact) mass is 248 g/mol. The van der Waals surface area contributed by atoms with Gasteiger partial charge in [-0.1, -0.05) is 13.8 Å². The minimum absolute atomic E-state index is 0.455. The lowest BCUT2D eigenvalue weighted by Gasteiger charge is -2.28. The van der Waals surface area contributed by atoms with Crippen molar-refractivity contribution in [3.63, 3.8) is 0 Å². The van der Waals surface area contributed by atoms with Gasteiger partial charge in [0, 0.05) is 24.8 Å². The fourth-order valence-electron chi connectivity index (χ4n) is 2.45. The topological polar surface area (TPSA) is 41.0 Å². The standard InChI is InChI=1S/C14H24N4/c1-11(2)13-9-14(17-10-16-13)18(3)12-5-4-7-15-8-6-12/h9-12,15H,4-8H2,1-3H3. The van der Waals surface area contributed by atoms with Gasteiger partial charge in [-0.3, -0.25) is 0 Å². The molecule has 0 bridgehead atoms. The van der Waals surface area contributed by atoms with Crippen LogP contribution in [0.15, 0.2) is 12.4 Å². The number of nitrogens with zero attached hydrogens (tertiary/aromatic N) is 3. The average Bonchev–Trinajstić information content (AvgIpc) is 2.67. The Morgan fingerprint density at radius 1 is 1.28 bits per heavy atom. The maximum atomic E-state index is 4.42. The predicted octanol–water partition coefficient (Wildman–Crippen LogP) is 2.18. The van der Waals surface area contributed by atoms with Gasteiger partial charge in [-0.2, -0.15) is 0 Å². The van der Waals surface area contributed by atoms with Crippen molar-refractivity contribution < 1.29 is 0 Å². The molecule has 0 amide bonds. The Balaban J connectivity index is 2.11. The third-order valence-electron chi connectivity index (χ3n) is 3.72. The molecule has 1 aliphatic heterocycles. The molecule has 1 aliphatic rings. The molecule has 4 heteroatoms. The van der Waals surface area contributed by atoms with Crippen molar-refractivity contribution in [2.45, 2.75) is 45.1 Å². The smallest absolute Gasteiger partial charge is 0.132 e. The van der Waals surface area contributed by atoms with Crippen LogP contribution in [0.25, 0.3) is 0 Å². The molecule has 0 radical (unpaired) electrons. The highest BCUT2D eigenvalue weighted by atomic mass is 15.2. The zero-order chi connectivity index (χ0) is 13.0. The van der Waals surface area contributed by atoms with Gasteiger partial charge in [-0.15, -0.1) is 0 Å². The van der Waals surface area contributed by atoms with Crippen LogP contribution in [0.3, 0.4) is 0 Å². The molecular formula is C14H24N4. The van der Waals surface area contributed by atoms with Crippen molar-refractivity contribution in [3.8, 4) is 0 Å². The summed E-state index contributed by atoms with van der Waals surface area (Å²) in [6.45, 7) is 6.59. The molecule has 1 atom stereocenters. The van der Waals surface area contributed by atoms with Gasteiger partial charge in [0.25, 0.3) is 0 Å². The van der Waals surface area contributed by atoms with E-state index in [-0.39, 0.29) is 0 Å². The Kier molecular flexibility index (Phi) is 4.53. The van der Waals surface area contributed by atoms with E-state index in [1.54, 1.807) is 6.33 Å². The maximum absolute atomic E-state index is 4.42. The summed E-state index contributed by atoms with van der Waals surface area (Å²) in [6.07, 6.45) is 5.37. The number of aromatic nitrogens is 2. The summed E-state index contributed by atoms with van der Waals surface area (Å²) >= 11 is 0. The van der Waals surface area contributed by atoms with Crippen molar-refractivity contribution in [1.82, 2.24) is 15.3 Å². The second-order valence-corrected chi connectivity index (χ2v) is 5.40. The average molecular weight is 248 g/mol. The summed E-state index contributed by atoms with van der Waals surface area (Å²) in [4.78, 5) is 11.1. The summed E-state index contributed by atoms with van der Waals surface area (Å²) in [5, 5.41) is 3.45. The van der Waals surface area contributed by atoms with Crippen LogP contribution in [0.5, 0.6) is 0 Å². The normalized spacial score (nSPS) is 20.8. The number of hydrogen-bond acceptors (Lipinski definition) is 4. The van der Waals surface area contributed by atoms with Crippen molar-refractivity contribution in [2.24, 2.45) is 0 Å². The minimum atomic E-state index is 0.455. The van der Waals surface area contributed by atoms with E-state index in [0.717, 1.165) is 24.6 Å². The molecule has 2 rings (SSSR count). The van der Waals surface area contributed by atoms with Crippen LogP contribution >= 0.6 is 0 Å².